The summed E-state index contributed by atoms with van der Waals surface area (Å²) < 4.78 is 5.09. The zero-order valence-electron chi connectivity index (χ0n) is 8.71. The molecule has 0 amide bonds. The predicted octanol–water partition coefficient (Wildman–Crippen LogP) is 2.56. The van der Waals surface area contributed by atoms with Gasteiger partial charge >= 0.3 is 0 Å². The lowest BCUT2D eigenvalue weighted by Gasteiger charge is -1.97. The van der Waals surface area contributed by atoms with Crippen LogP contribution in [0.3, 0.4) is 0 Å². The topological polar surface area (TPSA) is 35.0 Å². The fourth-order valence-corrected chi connectivity index (χ4v) is 0.893. The van der Waals surface area contributed by atoms with Crippen molar-refractivity contribution in [3.8, 4) is 5.88 Å². The maximum absolute atomic E-state index is 5.09. The van der Waals surface area contributed by atoms with Gasteiger partial charge in [0.1, 0.15) is 0 Å². The van der Waals surface area contributed by atoms with Crippen LogP contribution < -0.4 is 4.74 Å². The minimum Gasteiger partial charge on any atom is -0.478 e. The second-order valence-electron chi connectivity index (χ2n) is 2.63. The first kappa shape index (κ1) is 11.2. The van der Waals surface area contributed by atoms with Gasteiger partial charge < -0.3 is 4.74 Å². The molecule has 0 saturated carbocycles. The summed E-state index contributed by atoms with van der Waals surface area (Å²) in [6.45, 7) is 2.62. The van der Waals surface area contributed by atoms with Crippen LogP contribution in [0, 0.1) is 0 Å². The van der Waals surface area contributed by atoms with Crippen LogP contribution in [0.1, 0.15) is 6.92 Å². The molecule has 3 nitrogen and oxygen atoms in total. The lowest BCUT2D eigenvalue weighted by atomic mass is 10.5. The van der Waals surface area contributed by atoms with Crippen LogP contribution in [0.4, 0.5) is 0 Å². The van der Waals surface area contributed by atoms with Crippen molar-refractivity contribution in [1.82, 2.24) is 9.97 Å². The van der Waals surface area contributed by atoms with Gasteiger partial charge in [0.15, 0.2) is 0 Å². The zero-order chi connectivity index (χ0) is 10.8. The molecule has 0 radical (unpaired) electrons. The molecule has 15 heavy (non-hydrogen) atoms. The van der Waals surface area contributed by atoms with Crippen molar-refractivity contribution < 1.29 is 4.74 Å². The Labute approximate surface area is 89.8 Å². The maximum Gasteiger partial charge on any atom is 0.213 e. The van der Waals surface area contributed by atoms with Gasteiger partial charge in [0.05, 0.1) is 6.61 Å². The van der Waals surface area contributed by atoms with E-state index in [9.17, 15) is 0 Å². The number of nitrogens with zero attached hydrogens (tertiary/aromatic N) is 2. The smallest absolute Gasteiger partial charge is 0.213 e. The molecule has 2 heterocycles. The number of hydrogen-bond acceptors (Lipinski definition) is 3. The van der Waals surface area contributed by atoms with Gasteiger partial charge in [0, 0.05) is 24.7 Å². The van der Waals surface area contributed by atoms with Crippen molar-refractivity contribution in [2.45, 2.75) is 6.92 Å². The molecule has 0 aromatic carbocycles. The number of rotatable bonds is 2. The molecule has 0 aliphatic heterocycles. The third-order valence-corrected chi connectivity index (χ3v) is 1.50. The number of ether oxygens (including phenoxy) is 1. The Morgan fingerprint density at radius 3 is 2.13 bits per heavy atom. The van der Waals surface area contributed by atoms with Crippen LogP contribution >= 0.6 is 0 Å². The standard InChI is InChI=1S/C7H9NO.C5H5N/c1-2-9-7-5-3-4-6-8-7;1-2-4-6-5-3-1/h3-6H,2H2,1H3;1-5H. The Kier molecular flexibility index (Phi) is 5.59. The van der Waals surface area contributed by atoms with Crippen LogP contribution in [0.5, 0.6) is 5.88 Å². The summed E-state index contributed by atoms with van der Waals surface area (Å²) in [5, 5.41) is 0. The molecule has 0 atom stereocenters. The Morgan fingerprint density at radius 1 is 1.00 bits per heavy atom. The van der Waals surface area contributed by atoms with E-state index in [2.05, 4.69) is 9.97 Å². The monoisotopic (exact) mass is 202 g/mol. The Bertz CT molecular complexity index is 311. The summed E-state index contributed by atoms with van der Waals surface area (Å²) in [5.41, 5.74) is 0. The van der Waals surface area contributed by atoms with Crippen molar-refractivity contribution in [3.05, 3.63) is 55.0 Å². The molecular weight excluding hydrogens is 188 g/mol. The zero-order valence-corrected chi connectivity index (χ0v) is 8.71. The molecule has 0 spiro atoms. The Morgan fingerprint density at radius 2 is 1.73 bits per heavy atom. The third kappa shape index (κ3) is 5.41. The van der Waals surface area contributed by atoms with Gasteiger partial charge in [0.25, 0.3) is 0 Å². The van der Waals surface area contributed by atoms with Crippen molar-refractivity contribution in [3.63, 3.8) is 0 Å². The SMILES string of the molecule is CCOc1ccccn1.c1ccncc1. The summed E-state index contributed by atoms with van der Waals surface area (Å²) in [4.78, 5) is 7.73. The van der Waals surface area contributed by atoms with E-state index >= 15 is 0 Å². The van der Waals surface area contributed by atoms with Gasteiger partial charge in [-0.2, -0.15) is 0 Å². The minimum absolute atomic E-state index is 0.678. The first-order valence-electron chi connectivity index (χ1n) is 4.82. The highest BCUT2D eigenvalue weighted by atomic mass is 16.5. The molecule has 0 bridgehead atoms. The van der Waals surface area contributed by atoms with E-state index in [-0.39, 0.29) is 0 Å². The predicted molar refractivity (Wildman–Crippen MR) is 59.6 cm³/mol. The van der Waals surface area contributed by atoms with E-state index < -0.39 is 0 Å². The molecular formula is C12H14N2O. The summed E-state index contributed by atoms with van der Waals surface area (Å²) in [6, 6.07) is 11.3. The summed E-state index contributed by atoms with van der Waals surface area (Å²) >= 11 is 0. The minimum atomic E-state index is 0.678. The first-order chi connectivity index (χ1) is 7.43. The summed E-state index contributed by atoms with van der Waals surface area (Å²) in [7, 11) is 0. The van der Waals surface area contributed by atoms with Crippen LogP contribution in [-0.4, -0.2) is 16.6 Å². The molecule has 2 rings (SSSR count). The van der Waals surface area contributed by atoms with Gasteiger partial charge in [-0.05, 0) is 25.1 Å². The number of aromatic nitrogens is 2. The van der Waals surface area contributed by atoms with Crippen molar-refractivity contribution >= 4 is 0 Å². The van der Waals surface area contributed by atoms with Crippen molar-refractivity contribution in [2.75, 3.05) is 6.61 Å². The highest BCUT2D eigenvalue weighted by Gasteiger charge is 1.85. The third-order valence-electron chi connectivity index (χ3n) is 1.50. The highest BCUT2D eigenvalue weighted by molar-refractivity contribution is 5.08. The van der Waals surface area contributed by atoms with E-state index in [0.717, 1.165) is 0 Å². The average Bonchev–Trinajstić information content (AvgIpc) is 2.34. The van der Waals surface area contributed by atoms with Gasteiger partial charge in [0.2, 0.25) is 5.88 Å². The molecule has 2 aromatic rings. The van der Waals surface area contributed by atoms with Crippen LogP contribution in [0.2, 0.25) is 0 Å². The van der Waals surface area contributed by atoms with Gasteiger partial charge in [-0.1, -0.05) is 12.1 Å². The first-order valence-corrected chi connectivity index (χ1v) is 4.82. The quantitative estimate of drug-likeness (QED) is 0.750. The molecule has 0 fully saturated rings. The van der Waals surface area contributed by atoms with E-state index in [4.69, 9.17) is 4.74 Å². The van der Waals surface area contributed by atoms with E-state index in [1.165, 1.54) is 0 Å². The van der Waals surface area contributed by atoms with Crippen LogP contribution in [-0.2, 0) is 0 Å². The molecule has 0 unspecified atom stereocenters. The lowest BCUT2D eigenvalue weighted by Crippen LogP contribution is -1.92. The molecule has 0 saturated heterocycles. The maximum atomic E-state index is 5.09. The number of pyridine rings is 2. The fraction of sp³-hybridized carbons (Fsp3) is 0.167. The van der Waals surface area contributed by atoms with E-state index in [1.54, 1.807) is 18.6 Å². The molecule has 3 heteroatoms. The van der Waals surface area contributed by atoms with Gasteiger partial charge in [-0.3, -0.25) is 4.98 Å². The Hall–Kier alpha value is -1.90. The normalized spacial score (nSPS) is 8.60. The Balaban J connectivity index is 0.000000162. The molecule has 2 aromatic heterocycles. The summed E-state index contributed by atoms with van der Waals surface area (Å²) in [6.07, 6.45) is 5.21. The lowest BCUT2D eigenvalue weighted by molar-refractivity contribution is 0.327. The summed E-state index contributed by atoms with van der Waals surface area (Å²) in [5.74, 6) is 0.694. The fourth-order valence-electron chi connectivity index (χ4n) is 0.893. The molecule has 78 valence electrons. The van der Waals surface area contributed by atoms with Gasteiger partial charge in [-0.25, -0.2) is 4.98 Å². The number of hydrogen-bond donors (Lipinski definition) is 0. The van der Waals surface area contributed by atoms with E-state index in [1.807, 2.05) is 43.3 Å². The average molecular weight is 202 g/mol. The van der Waals surface area contributed by atoms with Crippen molar-refractivity contribution in [1.29, 1.82) is 0 Å². The van der Waals surface area contributed by atoms with Crippen molar-refractivity contribution in [2.24, 2.45) is 0 Å². The molecule has 0 aliphatic rings. The van der Waals surface area contributed by atoms with Crippen LogP contribution in [0.25, 0.3) is 0 Å². The highest BCUT2D eigenvalue weighted by Crippen LogP contribution is 2.01. The molecule has 0 N–H and O–H groups in total. The van der Waals surface area contributed by atoms with Crippen LogP contribution in [0.15, 0.2) is 55.0 Å². The second kappa shape index (κ2) is 7.50. The largest absolute Gasteiger partial charge is 0.478 e. The second-order valence-corrected chi connectivity index (χ2v) is 2.63. The molecule has 0 aliphatic carbocycles. The van der Waals surface area contributed by atoms with E-state index in [0.29, 0.717) is 12.5 Å². The van der Waals surface area contributed by atoms with Gasteiger partial charge in [-0.15, -0.1) is 0 Å².